The molecule has 3 nitrogen and oxygen atoms in total. The van der Waals surface area contributed by atoms with Crippen molar-refractivity contribution in [2.75, 3.05) is 7.11 Å². The highest BCUT2D eigenvalue weighted by Gasteiger charge is 2.18. The van der Waals surface area contributed by atoms with Crippen LogP contribution in [0, 0.1) is 5.82 Å². The zero-order valence-corrected chi connectivity index (χ0v) is 12.9. The highest BCUT2D eigenvalue weighted by Crippen LogP contribution is 2.31. The van der Waals surface area contributed by atoms with E-state index in [-0.39, 0.29) is 11.1 Å². The van der Waals surface area contributed by atoms with Crippen molar-refractivity contribution in [1.29, 1.82) is 0 Å². The van der Waals surface area contributed by atoms with Crippen molar-refractivity contribution in [2.24, 2.45) is 5.84 Å². The standard InChI is InChI=1S/C15H15Cl2FN2O/c1-21-14-8-10(16)5-6-11(14)13(20-19)7-9-3-2-4-12(17)15(9)18/h2-6,8,13,20H,7,19H2,1H3. The number of nitrogens with two attached hydrogens (primary N) is 1. The summed E-state index contributed by atoms with van der Waals surface area (Å²) in [6.45, 7) is 0. The largest absolute Gasteiger partial charge is 0.496 e. The van der Waals surface area contributed by atoms with Crippen LogP contribution >= 0.6 is 23.2 Å². The molecular weight excluding hydrogens is 314 g/mol. The first kappa shape index (κ1) is 16.0. The van der Waals surface area contributed by atoms with Crippen LogP contribution in [0.25, 0.3) is 0 Å². The van der Waals surface area contributed by atoms with E-state index in [0.29, 0.717) is 22.8 Å². The molecule has 0 aliphatic heterocycles. The lowest BCUT2D eigenvalue weighted by molar-refractivity contribution is 0.398. The zero-order valence-electron chi connectivity index (χ0n) is 11.4. The smallest absolute Gasteiger partial charge is 0.145 e. The molecule has 0 amide bonds. The van der Waals surface area contributed by atoms with Gasteiger partial charge in [-0.2, -0.15) is 0 Å². The zero-order chi connectivity index (χ0) is 15.4. The average Bonchev–Trinajstić information content (AvgIpc) is 2.49. The first-order chi connectivity index (χ1) is 10.1. The van der Waals surface area contributed by atoms with Crippen molar-refractivity contribution in [3.63, 3.8) is 0 Å². The van der Waals surface area contributed by atoms with E-state index in [4.69, 9.17) is 33.8 Å². The first-order valence-electron chi connectivity index (χ1n) is 6.29. The number of hydrogen-bond donors (Lipinski definition) is 2. The minimum absolute atomic E-state index is 0.0892. The van der Waals surface area contributed by atoms with Gasteiger partial charge in [-0.1, -0.05) is 41.4 Å². The summed E-state index contributed by atoms with van der Waals surface area (Å²) in [7, 11) is 1.54. The summed E-state index contributed by atoms with van der Waals surface area (Å²) in [5, 5.41) is 0.645. The third kappa shape index (κ3) is 3.66. The van der Waals surface area contributed by atoms with Crippen LogP contribution in [-0.2, 0) is 6.42 Å². The maximum atomic E-state index is 14.0. The van der Waals surface area contributed by atoms with Crippen LogP contribution in [0.15, 0.2) is 36.4 Å². The first-order valence-corrected chi connectivity index (χ1v) is 7.05. The fraction of sp³-hybridized carbons (Fsp3) is 0.200. The van der Waals surface area contributed by atoms with Gasteiger partial charge in [0.1, 0.15) is 11.6 Å². The summed E-state index contributed by atoms with van der Waals surface area (Å²) in [6.07, 6.45) is 0.334. The van der Waals surface area contributed by atoms with Gasteiger partial charge in [-0.25, -0.2) is 4.39 Å². The van der Waals surface area contributed by atoms with E-state index in [1.807, 2.05) is 0 Å². The summed E-state index contributed by atoms with van der Waals surface area (Å²) < 4.78 is 19.3. The second kappa shape index (κ2) is 7.09. The predicted octanol–water partition coefficient (Wildman–Crippen LogP) is 3.89. The van der Waals surface area contributed by atoms with E-state index in [0.717, 1.165) is 5.56 Å². The highest BCUT2D eigenvalue weighted by atomic mass is 35.5. The van der Waals surface area contributed by atoms with Gasteiger partial charge < -0.3 is 4.74 Å². The lowest BCUT2D eigenvalue weighted by Crippen LogP contribution is -2.30. The predicted molar refractivity (Wildman–Crippen MR) is 83.2 cm³/mol. The van der Waals surface area contributed by atoms with Crippen molar-refractivity contribution in [3.8, 4) is 5.75 Å². The second-order valence-corrected chi connectivity index (χ2v) is 5.37. The van der Waals surface area contributed by atoms with Gasteiger partial charge >= 0.3 is 0 Å². The molecule has 0 heterocycles. The highest BCUT2D eigenvalue weighted by molar-refractivity contribution is 6.31. The third-order valence-corrected chi connectivity index (χ3v) is 3.75. The van der Waals surface area contributed by atoms with Gasteiger partial charge in [-0.05, 0) is 30.2 Å². The molecule has 21 heavy (non-hydrogen) atoms. The van der Waals surface area contributed by atoms with Crippen molar-refractivity contribution in [2.45, 2.75) is 12.5 Å². The summed E-state index contributed by atoms with van der Waals surface area (Å²) >= 11 is 11.7. The quantitative estimate of drug-likeness (QED) is 0.646. The lowest BCUT2D eigenvalue weighted by Gasteiger charge is -2.20. The number of hydrazine groups is 1. The Bertz CT molecular complexity index is 637. The number of nitrogens with one attached hydrogen (secondary N) is 1. The number of halogens is 3. The van der Waals surface area contributed by atoms with Crippen LogP contribution in [0.1, 0.15) is 17.2 Å². The Hall–Kier alpha value is -1.33. The van der Waals surface area contributed by atoms with Gasteiger partial charge in [0, 0.05) is 10.6 Å². The molecule has 2 rings (SSSR count). The van der Waals surface area contributed by atoms with Crippen LogP contribution in [0.5, 0.6) is 5.75 Å². The van der Waals surface area contributed by atoms with Crippen LogP contribution in [0.2, 0.25) is 10.0 Å². The number of methoxy groups -OCH3 is 1. The molecule has 0 aromatic heterocycles. The number of rotatable bonds is 5. The van der Waals surface area contributed by atoms with Gasteiger partial charge in [-0.3, -0.25) is 11.3 Å². The molecule has 0 aliphatic carbocycles. The Balaban J connectivity index is 2.34. The SMILES string of the molecule is COc1cc(Cl)ccc1C(Cc1cccc(Cl)c1F)NN. The van der Waals surface area contributed by atoms with Crippen molar-refractivity contribution >= 4 is 23.2 Å². The fourth-order valence-electron chi connectivity index (χ4n) is 2.16. The third-order valence-electron chi connectivity index (χ3n) is 3.23. The minimum atomic E-state index is -0.438. The Labute approximate surface area is 132 Å². The summed E-state index contributed by atoms with van der Waals surface area (Å²) in [5.74, 6) is 5.76. The number of hydrogen-bond acceptors (Lipinski definition) is 3. The Morgan fingerprint density at radius 1 is 1.29 bits per heavy atom. The maximum Gasteiger partial charge on any atom is 0.145 e. The van der Waals surface area contributed by atoms with Crippen LogP contribution < -0.4 is 16.0 Å². The van der Waals surface area contributed by atoms with Gasteiger partial charge in [0.15, 0.2) is 0 Å². The summed E-state index contributed by atoms with van der Waals surface area (Å²) in [5.41, 5.74) is 3.94. The molecule has 0 radical (unpaired) electrons. The molecule has 2 aromatic carbocycles. The Morgan fingerprint density at radius 3 is 2.71 bits per heavy atom. The lowest BCUT2D eigenvalue weighted by atomic mass is 9.98. The molecule has 2 aromatic rings. The van der Waals surface area contributed by atoms with Gasteiger partial charge in [0.2, 0.25) is 0 Å². The van der Waals surface area contributed by atoms with E-state index in [2.05, 4.69) is 5.43 Å². The van der Waals surface area contributed by atoms with Gasteiger partial charge in [0.25, 0.3) is 0 Å². The van der Waals surface area contributed by atoms with Crippen molar-refractivity contribution < 1.29 is 9.13 Å². The van der Waals surface area contributed by atoms with Crippen molar-refractivity contribution in [1.82, 2.24) is 5.43 Å². The Morgan fingerprint density at radius 2 is 2.05 bits per heavy atom. The van der Waals surface area contributed by atoms with E-state index in [9.17, 15) is 4.39 Å². The van der Waals surface area contributed by atoms with E-state index < -0.39 is 5.82 Å². The molecule has 0 aliphatic rings. The molecule has 6 heteroatoms. The van der Waals surface area contributed by atoms with Gasteiger partial charge in [-0.15, -0.1) is 0 Å². The van der Waals surface area contributed by atoms with Gasteiger partial charge in [0.05, 0.1) is 18.2 Å². The Kier molecular flexibility index (Phi) is 5.42. The molecule has 0 spiro atoms. The molecule has 0 saturated heterocycles. The molecule has 0 saturated carbocycles. The molecule has 0 fully saturated rings. The van der Waals surface area contributed by atoms with Crippen molar-refractivity contribution in [3.05, 3.63) is 63.4 Å². The van der Waals surface area contributed by atoms with Crippen LogP contribution in [0.3, 0.4) is 0 Å². The van der Waals surface area contributed by atoms with E-state index in [1.54, 1.807) is 37.4 Å². The molecule has 0 bridgehead atoms. The summed E-state index contributed by atoms with van der Waals surface area (Å²) in [4.78, 5) is 0. The number of ether oxygens (including phenoxy) is 1. The summed E-state index contributed by atoms with van der Waals surface area (Å²) in [6, 6.07) is 9.78. The minimum Gasteiger partial charge on any atom is -0.496 e. The fourth-order valence-corrected chi connectivity index (χ4v) is 2.51. The molecule has 1 atom stereocenters. The molecule has 1 unspecified atom stereocenters. The maximum absolute atomic E-state index is 14.0. The normalized spacial score (nSPS) is 12.2. The average molecular weight is 329 g/mol. The van der Waals surface area contributed by atoms with Crippen LogP contribution in [0.4, 0.5) is 4.39 Å². The molecule has 3 N–H and O–H groups in total. The monoisotopic (exact) mass is 328 g/mol. The molecule has 112 valence electrons. The number of benzene rings is 2. The second-order valence-electron chi connectivity index (χ2n) is 4.52. The van der Waals surface area contributed by atoms with E-state index >= 15 is 0 Å². The topological polar surface area (TPSA) is 47.3 Å². The van der Waals surface area contributed by atoms with E-state index in [1.165, 1.54) is 6.07 Å². The molecular formula is C15H15Cl2FN2O. The van der Waals surface area contributed by atoms with Crippen LogP contribution in [-0.4, -0.2) is 7.11 Å².